The minimum absolute atomic E-state index is 0.410. The van der Waals surface area contributed by atoms with Gasteiger partial charge in [-0.1, -0.05) is 39.0 Å². The lowest BCUT2D eigenvalue weighted by molar-refractivity contribution is 0.230. The van der Waals surface area contributed by atoms with Crippen molar-refractivity contribution in [3.05, 3.63) is 0 Å². The molecule has 1 nitrogen and oxygen atoms in total. The summed E-state index contributed by atoms with van der Waals surface area (Å²) in [5.74, 6) is 0. The van der Waals surface area contributed by atoms with Crippen molar-refractivity contribution in [3.63, 3.8) is 0 Å². The molecule has 0 unspecified atom stereocenters. The Morgan fingerprint density at radius 1 is 1.00 bits per heavy atom. The largest absolute Gasteiger partial charge is 0.415 e. The van der Waals surface area contributed by atoms with E-state index in [0.717, 1.165) is 0 Å². The monoisotopic (exact) mass is 216 g/mol. The third-order valence-corrected chi connectivity index (χ3v) is 5.10. The van der Waals surface area contributed by atoms with Gasteiger partial charge in [0.05, 0.1) is 0 Å². The van der Waals surface area contributed by atoms with E-state index in [4.69, 9.17) is 4.43 Å². The third-order valence-electron chi connectivity index (χ3n) is 2.44. The zero-order valence-electron chi connectivity index (χ0n) is 10.7. The second kappa shape index (κ2) is 7.47. The minimum Gasteiger partial charge on any atom is -0.415 e. The van der Waals surface area contributed by atoms with Gasteiger partial charge in [-0.25, -0.2) is 0 Å². The van der Waals surface area contributed by atoms with Gasteiger partial charge >= 0.3 is 0 Å². The summed E-state index contributed by atoms with van der Waals surface area (Å²) < 4.78 is 5.98. The molecule has 0 fully saturated rings. The number of rotatable bonds is 8. The lowest BCUT2D eigenvalue weighted by atomic mass is 10.2. The third kappa shape index (κ3) is 8.76. The number of hydrogen-bond donors (Lipinski definition) is 0. The van der Waals surface area contributed by atoms with Gasteiger partial charge in [-0.3, -0.25) is 0 Å². The van der Waals surface area contributed by atoms with Crippen LogP contribution in [-0.4, -0.2) is 14.4 Å². The molecule has 0 radical (unpaired) electrons. The molecular weight excluding hydrogens is 188 g/mol. The van der Waals surface area contributed by atoms with Crippen LogP contribution in [0.3, 0.4) is 0 Å². The Hall–Kier alpha value is 0.177. The van der Waals surface area contributed by atoms with Crippen molar-refractivity contribution in [1.29, 1.82) is 0 Å². The Morgan fingerprint density at radius 3 is 2.07 bits per heavy atom. The number of unbranched alkanes of at least 4 members (excludes halogenated alkanes) is 4. The zero-order valence-corrected chi connectivity index (χ0v) is 11.7. The second-order valence-corrected chi connectivity index (χ2v) is 9.35. The molecule has 0 saturated heterocycles. The van der Waals surface area contributed by atoms with E-state index < -0.39 is 8.32 Å². The van der Waals surface area contributed by atoms with Crippen molar-refractivity contribution in [2.75, 3.05) is 0 Å². The highest BCUT2D eigenvalue weighted by atomic mass is 28.4. The molecule has 0 amide bonds. The van der Waals surface area contributed by atoms with Gasteiger partial charge in [0.2, 0.25) is 0 Å². The summed E-state index contributed by atoms with van der Waals surface area (Å²) in [6.45, 7) is 11.2. The zero-order chi connectivity index (χ0) is 11.0. The Balaban J connectivity index is 3.45. The van der Waals surface area contributed by atoms with Gasteiger partial charge in [0, 0.05) is 6.10 Å². The Bertz CT molecular complexity index is 132. The van der Waals surface area contributed by atoms with E-state index in [-0.39, 0.29) is 0 Å². The van der Waals surface area contributed by atoms with Gasteiger partial charge in [-0.2, -0.15) is 0 Å². The molecule has 0 aromatic carbocycles. The van der Waals surface area contributed by atoms with Crippen LogP contribution in [0.2, 0.25) is 19.1 Å². The van der Waals surface area contributed by atoms with Gasteiger partial charge in [-0.15, -0.1) is 0 Å². The lowest BCUT2D eigenvalue weighted by Gasteiger charge is -2.25. The summed E-state index contributed by atoms with van der Waals surface area (Å²) in [7, 11) is -1.33. The molecule has 2 heteroatoms. The van der Waals surface area contributed by atoms with Crippen molar-refractivity contribution in [2.45, 2.75) is 78.1 Å². The van der Waals surface area contributed by atoms with E-state index in [1.54, 1.807) is 0 Å². The lowest BCUT2D eigenvalue weighted by Crippen LogP contribution is -2.33. The van der Waals surface area contributed by atoms with Gasteiger partial charge in [-0.05, 0) is 33.0 Å². The average molecular weight is 216 g/mol. The van der Waals surface area contributed by atoms with E-state index in [0.29, 0.717) is 6.10 Å². The summed E-state index contributed by atoms with van der Waals surface area (Å²) in [4.78, 5) is 0. The number of hydrogen-bond acceptors (Lipinski definition) is 1. The fourth-order valence-electron chi connectivity index (χ4n) is 1.85. The average Bonchev–Trinajstić information content (AvgIpc) is 2.01. The van der Waals surface area contributed by atoms with E-state index in [1.165, 1.54) is 38.1 Å². The van der Waals surface area contributed by atoms with E-state index >= 15 is 0 Å². The maximum absolute atomic E-state index is 5.98. The molecule has 0 heterocycles. The van der Waals surface area contributed by atoms with Crippen LogP contribution in [0.25, 0.3) is 0 Å². The predicted molar refractivity (Wildman–Crippen MR) is 67.3 cm³/mol. The Labute approximate surface area is 91.4 Å². The van der Waals surface area contributed by atoms with Crippen molar-refractivity contribution < 1.29 is 4.43 Å². The highest BCUT2D eigenvalue weighted by molar-refractivity contribution is 6.71. The first-order chi connectivity index (χ1) is 6.48. The molecule has 0 aliphatic carbocycles. The molecule has 0 aliphatic rings. The van der Waals surface area contributed by atoms with Crippen molar-refractivity contribution in [1.82, 2.24) is 0 Å². The fourth-order valence-corrected chi connectivity index (χ4v) is 4.35. The summed E-state index contributed by atoms with van der Waals surface area (Å²) >= 11 is 0. The van der Waals surface area contributed by atoms with Crippen molar-refractivity contribution in [3.8, 4) is 0 Å². The standard InChI is InChI=1S/C12H28OSi/c1-6-7-8-9-10-11-14(4,5)13-12(2)3/h12H,6-11H2,1-5H3. The molecule has 0 aromatic heterocycles. The second-order valence-electron chi connectivity index (χ2n) is 5.09. The molecule has 0 bridgehead atoms. The predicted octanol–water partition coefficient (Wildman–Crippen LogP) is 4.59. The maximum Gasteiger partial charge on any atom is 0.187 e. The summed E-state index contributed by atoms with van der Waals surface area (Å²) in [6, 6.07) is 1.33. The summed E-state index contributed by atoms with van der Waals surface area (Å²) in [6.07, 6.45) is 7.31. The molecular formula is C12H28OSi. The molecule has 0 atom stereocenters. The van der Waals surface area contributed by atoms with Crippen molar-refractivity contribution >= 4 is 8.32 Å². The van der Waals surface area contributed by atoms with Crippen LogP contribution < -0.4 is 0 Å². The molecule has 14 heavy (non-hydrogen) atoms. The fraction of sp³-hybridized carbons (Fsp3) is 1.00. The van der Waals surface area contributed by atoms with Crippen molar-refractivity contribution in [2.24, 2.45) is 0 Å². The van der Waals surface area contributed by atoms with Crippen LogP contribution in [0.1, 0.15) is 52.9 Å². The quantitative estimate of drug-likeness (QED) is 0.426. The van der Waals surface area contributed by atoms with Crippen LogP contribution in [0.5, 0.6) is 0 Å². The maximum atomic E-state index is 5.98. The minimum atomic E-state index is -1.33. The normalized spacial score (nSPS) is 12.4. The summed E-state index contributed by atoms with van der Waals surface area (Å²) in [5, 5.41) is 0. The first-order valence-corrected chi connectivity index (χ1v) is 9.27. The molecule has 0 rings (SSSR count). The highest BCUT2D eigenvalue weighted by Crippen LogP contribution is 2.18. The molecule has 0 aromatic rings. The first kappa shape index (κ1) is 14.2. The van der Waals surface area contributed by atoms with Crippen LogP contribution in [-0.2, 0) is 4.43 Å². The molecule has 0 spiro atoms. The van der Waals surface area contributed by atoms with E-state index in [1.807, 2.05) is 0 Å². The Kier molecular flexibility index (Phi) is 7.56. The SMILES string of the molecule is CCCCCCC[Si](C)(C)OC(C)C. The first-order valence-electron chi connectivity index (χ1n) is 6.16. The molecule has 0 aliphatic heterocycles. The van der Waals surface area contributed by atoms with Gasteiger partial charge < -0.3 is 4.43 Å². The van der Waals surface area contributed by atoms with Gasteiger partial charge in [0.15, 0.2) is 8.32 Å². The smallest absolute Gasteiger partial charge is 0.187 e. The molecule has 0 saturated carbocycles. The van der Waals surface area contributed by atoms with Crippen LogP contribution >= 0.6 is 0 Å². The summed E-state index contributed by atoms with van der Waals surface area (Å²) in [5.41, 5.74) is 0. The van der Waals surface area contributed by atoms with Crippen LogP contribution in [0.15, 0.2) is 0 Å². The van der Waals surface area contributed by atoms with Crippen LogP contribution in [0, 0.1) is 0 Å². The van der Waals surface area contributed by atoms with E-state index in [9.17, 15) is 0 Å². The molecule has 86 valence electrons. The van der Waals surface area contributed by atoms with E-state index in [2.05, 4.69) is 33.9 Å². The van der Waals surface area contributed by atoms with Crippen LogP contribution in [0.4, 0.5) is 0 Å². The highest BCUT2D eigenvalue weighted by Gasteiger charge is 2.22. The molecule has 0 N–H and O–H groups in total. The van der Waals surface area contributed by atoms with Gasteiger partial charge in [0.1, 0.15) is 0 Å². The van der Waals surface area contributed by atoms with Gasteiger partial charge in [0.25, 0.3) is 0 Å². The Morgan fingerprint density at radius 2 is 1.57 bits per heavy atom. The topological polar surface area (TPSA) is 9.23 Å².